The third-order valence-electron chi connectivity index (χ3n) is 3.51. The number of amides is 1. The van der Waals surface area contributed by atoms with Crippen LogP contribution in [0.1, 0.15) is 49.8 Å². The van der Waals surface area contributed by atoms with Crippen LogP contribution in [0.3, 0.4) is 0 Å². The van der Waals surface area contributed by atoms with Gasteiger partial charge in [0.25, 0.3) is 5.91 Å². The van der Waals surface area contributed by atoms with Crippen LogP contribution in [0.5, 0.6) is 0 Å². The summed E-state index contributed by atoms with van der Waals surface area (Å²) in [5.41, 5.74) is 1.24. The van der Waals surface area contributed by atoms with Crippen molar-refractivity contribution < 1.29 is 4.79 Å². The normalized spacial score (nSPS) is 16.8. The molecule has 0 spiro atoms. The number of nitrogens with zero attached hydrogens (tertiary/aromatic N) is 2. The molecule has 19 heavy (non-hydrogen) atoms. The van der Waals surface area contributed by atoms with Crippen LogP contribution < -0.4 is 5.32 Å². The second-order valence-electron chi connectivity index (χ2n) is 5.95. The molecule has 0 unspecified atom stereocenters. The Morgan fingerprint density at radius 1 is 1.47 bits per heavy atom. The lowest BCUT2D eigenvalue weighted by Gasteiger charge is -2.30. The summed E-state index contributed by atoms with van der Waals surface area (Å²) in [6.07, 6.45) is 3.39. The molecule has 1 aromatic rings. The van der Waals surface area contributed by atoms with Crippen LogP contribution in [0, 0.1) is 0 Å². The third-order valence-corrected chi connectivity index (χ3v) is 3.51. The van der Waals surface area contributed by atoms with Crippen molar-refractivity contribution in [1.82, 2.24) is 20.4 Å². The molecule has 106 valence electrons. The zero-order chi connectivity index (χ0) is 13.9. The van der Waals surface area contributed by atoms with Gasteiger partial charge in [-0.05, 0) is 52.3 Å². The first-order valence-electron chi connectivity index (χ1n) is 7.09. The van der Waals surface area contributed by atoms with Gasteiger partial charge in [-0.1, -0.05) is 6.92 Å². The van der Waals surface area contributed by atoms with Crippen molar-refractivity contribution in [3.63, 3.8) is 0 Å². The molecule has 1 aromatic heterocycles. The summed E-state index contributed by atoms with van der Waals surface area (Å²) in [6.45, 7) is 9.34. The average Bonchev–Trinajstić information content (AvgIpc) is 2.97. The van der Waals surface area contributed by atoms with E-state index in [0.29, 0.717) is 5.69 Å². The summed E-state index contributed by atoms with van der Waals surface area (Å²) in [7, 11) is 0. The molecular formula is C14H24N4O. The predicted octanol–water partition coefficient (Wildman–Crippen LogP) is 1.58. The number of H-pyrrole nitrogens is 1. The smallest absolute Gasteiger partial charge is 0.272 e. The van der Waals surface area contributed by atoms with Crippen LogP contribution in [0.4, 0.5) is 0 Å². The van der Waals surface area contributed by atoms with Crippen LogP contribution in [0.15, 0.2) is 6.07 Å². The van der Waals surface area contributed by atoms with E-state index >= 15 is 0 Å². The van der Waals surface area contributed by atoms with Gasteiger partial charge < -0.3 is 10.2 Å². The quantitative estimate of drug-likeness (QED) is 0.848. The number of carbonyl (C=O) groups is 1. The van der Waals surface area contributed by atoms with Gasteiger partial charge in [0.15, 0.2) is 0 Å². The molecule has 0 aliphatic carbocycles. The largest absolute Gasteiger partial charge is 0.344 e. The van der Waals surface area contributed by atoms with Crippen molar-refractivity contribution in [3.8, 4) is 0 Å². The lowest BCUT2D eigenvalue weighted by atomic mass is 10.0. The van der Waals surface area contributed by atoms with Crippen LogP contribution in [-0.4, -0.2) is 46.2 Å². The Kier molecular flexibility index (Phi) is 4.24. The zero-order valence-electron chi connectivity index (χ0n) is 12.1. The fourth-order valence-corrected chi connectivity index (χ4v) is 2.57. The SMILES string of the molecule is CCc1cc(C(=O)NC(C)(C)CN2CCCC2)n[nH]1. The fourth-order valence-electron chi connectivity index (χ4n) is 2.57. The van der Waals surface area contributed by atoms with Crippen LogP contribution >= 0.6 is 0 Å². The molecule has 0 saturated carbocycles. The molecule has 0 atom stereocenters. The van der Waals surface area contributed by atoms with Gasteiger partial charge in [-0.15, -0.1) is 0 Å². The Bertz CT molecular complexity index is 432. The van der Waals surface area contributed by atoms with Crippen molar-refractivity contribution in [2.75, 3.05) is 19.6 Å². The lowest BCUT2D eigenvalue weighted by molar-refractivity contribution is 0.0888. The molecule has 0 aromatic carbocycles. The summed E-state index contributed by atoms with van der Waals surface area (Å²) in [5.74, 6) is -0.0971. The third kappa shape index (κ3) is 3.80. The van der Waals surface area contributed by atoms with Gasteiger partial charge in [0.05, 0.1) is 0 Å². The maximum atomic E-state index is 12.2. The molecule has 1 aliphatic heterocycles. The molecule has 1 fully saturated rings. The number of aromatic amines is 1. The number of hydrogen-bond donors (Lipinski definition) is 2. The highest BCUT2D eigenvalue weighted by Gasteiger charge is 2.26. The van der Waals surface area contributed by atoms with Crippen molar-refractivity contribution in [1.29, 1.82) is 0 Å². The van der Waals surface area contributed by atoms with Crippen molar-refractivity contribution in [2.24, 2.45) is 0 Å². The van der Waals surface area contributed by atoms with E-state index in [1.165, 1.54) is 12.8 Å². The van der Waals surface area contributed by atoms with Gasteiger partial charge in [-0.3, -0.25) is 9.89 Å². The van der Waals surface area contributed by atoms with E-state index in [4.69, 9.17) is 0 Å². The van der Waals surface area contributed by atoms with E-state index < -0.39 is 0 Å². The number of aromatic nitrogens is 2. The minimum absolute atomic E-state index is 0.0971. The van der Waals surface area contributed by atoms with Crippen molar-refractivity contribution >= 4 is 5.91 Å². The highest BCUT2D eigenvalue weighted by atomic mass is 16.2. The number of hydrogen-bond acceptors (Lipinski definition) is 3. The minimum atomic E-state index is -0.229. The number of nitrogens with one attached hydrogen (secondary N) is 2. The van der Waals surface area contributed by atoms with Crippen molar-refractivity contribution in [3.05, 3.63) is 17.5 Å². The second-order valence-corrected chi connectivity index (χ2v) is 5.95. The summed E-state index contributed by atoms with van der Waals surface area (Å²) < 4.78 is 0. The first kappa shape index (κ1) is 14.1. The van der Waals surface area contributed by atoms with Gasteiger partial charge in [0, 0.05) is 17.8 Å². The molecule has 1 saturated heterocycles. The molecule has 0 bridgehead atoms. The number of carbonyl (C=O) groups excluding carboxylic acids is 1. The number of aryl methyl sites for hydroxylation is 1. The number of rotatable bonds is 5. The van der Waals surface area contributed by atoms with Gasteiger partial charge in [-0.2, -0.15) is 5.10 Å². The predicted molar refractivity (Wildman–Crippen MR) is 75.2 cm³/mol. The van der Waals surface area contributed by atoms with Gasteiger partial charge in [0.1, 0.15) is 5.69 Å². The summed E-state index contributed by atoms with van der Waals surface area (Å²) in [5, 5.41) is 10.0. The molecule has 5 heteroatoms. The maximum Gasteiger partial charge on any atom is 0.272 e. The van der Waals surface area contributed by atoms with E-state index in [1.807, 2.05) is 13.0 Å². The highest BCUT2D eigenvalue weighted by molar-refractivity contribution is 5.92. The Labute approximate surface area is 114 Å². The number of likely N-dealkylation sites (tertiary alicyclic amines) is 1. The van der Waals surface area contributed by atoms with Crippen LogP contribution in [0.2, 0.25) is 0 Å². The Hall–Kier alpha value is -1.36. The maximum absolute atomic E-state index is 12.2. The molecule has 1 aliphatic rings. The summed E-state index contributed by atoms with van der Waals surface area (Å²) >= 11 is 0. The Balaban J connectivity index is 1.92. The molecule has 2 N–H and O–H groups in total. The molecule has 2 heterocycles. The minimum Gasteiger partial charge on any atom is -0.344 e. The Morgan fingerprint density at radius 2 is 2.16 bits per heavy atom. The van der Waals surface area contributed by atoms with E-state index in [0.717, 1.165) is 31.7 Å². The van der Waals surface area contributed by atoms with Gasteiger partial charge >= 0.3 is 0 Å². The van der Waals surface area contributed by atoms with Crippen LogP contribution in [0.25, 0.3) is 0 Å². The molecule has 2 rings (SSSR count). The van der Waals surface area contributed by atoms with E-state index in [2.05, 4.69) is 34.3 Å². The summed E-state index contributed by atoms with van der Waals surface area (Å²) in [6, 6.07) is 1.82. The highest BCUT2D eigenvalue weighted by Crippen LogP contribution is 2.13. The molecule has 1 amide bonds. The monoisotopic (exact) mass is 264 g/mol. The van der Waals surface area contributed by atoms with E-state index in [9.17, 15) is 4.79 Å². The average molecular weight is 264 g/mol. The van der Waals surface area contributed by atoms with E-state index in [-0.39, 0.29) is 11.4 Å². The van der Waals surface area contributed by atoms with E-state index in [1.54, 1.807) is 0 Å². The fraction of sp³-hybridized carbons (Fsp3) is 0.714. The first-order valence-corrected chi connectivity index (χ1v) is 7.09. The second kappa shape index (κ2) is 5.74. The lowest BCUT2D eigenvalue weighted by Crippen LogP contribution is -2.51. The first-order chi connectivity index (χ1) is 9.00. The molecular weight excluding hydrogens is 240 g/mol. The summed E-state index contributed by atoms with van der Waals surface area (Å²) in [4.78, 5) is 14.6. The molecule has 0 radical (unpaired) electrons. The van der Waals surface area contributed by atoms with Crippen molar-refractivity contribution in [2.45, 2.75) is 45.6 Å². The topological polar surface area (TPSA) is 61.0 Å². The zero-order valence-corrected chi connectivity index (χ0v) is 12.1. The van der Waals surface area contributed by atoms with Crippen LogP contribution in [-0.2, 0) is 6.42 Å². The molecule has 5 nitrogen and oxygen atoms in total. The Morgan fingerprint density at radius 3 is 2.74 bits per heavy atom. The standard InChI is InChI=1S/C14H24N4O/c1-4-11-9-12(17-16-11)13(19)15-14(2,3)10-18-7-5-6-8-18/h9H,4-8,10H2,1-3H3,(H,15,19)(H,16,17). The van der Waals surface area contributed by atoms with Gasteiger partial charge in [-0.25, -0.2) is 0 Å². The van der Waals surface area contributed by atoms with Gasteiger partial charge in [0.2, 0.25) is 0 Å².